The minimum atomic E-state index is 0.156. The highest BCUT2D eigenvalue weighted by Crippen LogP contribution is 2.24. The van der Waals surface area contributed by atoms with Crippen LogP contribution in [0.4, 0.5) is 17.1 Å². The molecular weight excluding hydrogens is 286 g/mol. The molecule has 3 aromatic carbocycles. The van der Waals surface area contributed by atoms with E-state index < -0.39 is 0 Å². The third-order valence-electron chi connectivity index (χ3n) is 3.16. The number of benzene rings is 3. The van der Waals surface area contributed by atoms with Crippen molar-refractivity contribution in [2.24, 2.45) is 15.2 Å². The molecule has 4 nitrogen and oxygen atoms in total. The molecule has 3 aromatic rings. The van der Waals surface area contributed by atoms with Crippen molar-refractivity contribution >= 4 is 23.3 Å². The summed E-state index contributed by atoms with van der Waals surface area (Å²) in [7, 11) is 0. The number of hydrogen-bond acceptors (Lipinski definition) is 4. The first kappa shape index (κ1) is 14.7. The molecule has 1 N–H and O–H groups in total. The fraction of sp³-hybridized carbons (Fsp3) is 0. The maximum atomic E-state index is 9.93. The smallest absolute Gasteiger partial charge is 0.124 e. The predicted octanol–water partition coefficient (Wildman–Crippen LogP) is 5.56. The Labute approximate surface area is 134 Å². The summed E-state index contributed by atoms with van der Waals surface area (Å²) in [6.07, 6.45) is 1.62. The van der Waals surface area contributed by atoms with E-state index >= 15 is 0 Å². The maximum Gasteiger partial charge on any atom is 0.124 e. The molecule has 112 valence electrons. The van der Waals surface area contributed by atoms with Crippen molar-refractivity contribution in [1.82, 2.24) is 0 Å². The van der Waals surface area contributed by atoms with Crippen LogP contribution in [0.5, 0.6) is 5.75 Å². The molecule has 0 bridgehead atoms. The van der Waals surface area contributed by atoms with Crippen LogP contribution in [-0.2, 0) is 0 Å². The summed E-state index contributed by atoms with van der Waals surface area (Å²) in [6.45, 7) is 0. The molecule has 0 fully saturated rings. The average Bonchev–Trinajstić information content (AvgIpc) is 2.62. The fourth-order valence-corrected chi connectivity index (χ4v) is 1.98. The largest absolute Gasteiger partial charge is 0.507 e. The van der Waals surface area contributed by atoms with Crippen LogP contribution in [0.2, 0.25) is 0 Å². The number of nitrogens with zero attached hydrogens (tertiary/aromatic N) is 3. The van der Waals surface area contributed by atoms with Crippen LogP contribution < -0.4 is 0 Å². The molecule has 0 saturated heterocycles. The highest BCUT2D eigenvalue weighted by Gasteiger charge is 2.00. The molecule has 23 heavy (non-hydrogen) atoms. The lowest BCUT2D eigenvalue weighted by atomic mass is 10.2. The Morgan fingerprint density at radius 3 is 1.96 bits per heavy atom. The minimum Gasteiger partial charge on any atom is -0.507 e. The van der Waals surface area contributed by atoms with Crippen molar-refractivity contribution in [3.05, 3.63) is 84.4 Å². The van der Waals surface area contributed by atoms with Crippen molar-refractivity contribution in [3.63, 3.8) is 0 Å². The van der Waals surface area contributed by atoms with Crippen LogP contribution in [-0.4, -0.2) is 11.3 Å². The van der Waals surface area contributed by atoms with Gasteiger partial charge >= 0.3 is 0 Å². The van der Waals surface area contributed by atoms with Crippen LogP contribution in [0.1, 0.15) is 5.56 Å². The van der Waals surface area contributed by atoms with Gasteiger partial charge in [-0.1, -0.05) is 36.4 Å². The predicted molar refractivity (Wildman–Crippen MR) is 92.4 cm³/mol. The minimum absolute atomic E-state index is 0.156. The van der Waals surface area contributed by atoms with Gasteiger partial charge in [0.2, 0.25) is 0 Å². The zero-order valence-electron chi connectivity index (χ0n) is 12.4. The van der Waals surface area contributed by atoms with Crippen LogP contribution >= 0.6 is 0 Å². The van der Waals surface area contributed by atoms with Gasteiger partial charge in [0.1, 0.15) is 5.75 Å². The lowest BCUT2D eigenvalue weighted by Crippen LogP contribution is -1.81. The van der Waals surface area contributed by atoms with Gasteiger partial charge in [0.25, 0.3) is 0 Å². The van der Waals surface area contributed by atoms with Gasteiger partial charge in [-0.2, -0.15) is 10.2 Å². The summed E-state index contributed by atoms with van der Waals surface area (Å²) in [6, 6.07) is 24.1. The number of phenols is 1. The van der Waals surface area contributed by atoms with E-state index in [-0.39, 0.29) is 5.75 Å². The summed E-state index contributed by atoms with van der Waals surface area (Å²) in [5.74, 6) is 0.156. The molecule has 4 heteroatoms. The van der Waals surface area contributed by atoms with Crippen molar-refractivity contribution in [1.29, 1.82) is 0 Å². The fourth-order valence-electron chi connectivity index (χ4n) is 1.98. The standard InChI is InChI=1S/C19H15N3O/c23-19-12-11-18(22-21-17-9-5-2-6-10-17)13-15(19)14-20-16-7-3-1-4-8-16/h1-14,23H. The Morgan fingerprint density at radius 1 is 0.652 bits per heavy atom. The van der Waals surface area contributed by atoms with Gasteiger partial charge in [0.15, 0.2) is 0 Å². The van der Waals surface area contributed by atoms with Gasteiger partial charge in [-0.3, -0.25) is 4.99 Å². The van der Waals surface area contributed by atoms with Crippen LogP contribution in [0.15, 0.2) is 94.1 Å². The Hall–Kier alpha value is -3.27. The molecule has 0 radical (unpaired) electrons. The number of phenolic OH excluding ortho intramolecular Hbond substituents is 1. The number of aliphatic imine (C=N–C) groups is 1. The summed E-state index contributed by atoms with van der Waals surface area (Å²) < 4.78 is 0. The van der Waals surface area contributed by atoms with E-state index in [2.05, 4.69) is 15.2 Å². The number of para-hydroxylation sites is 1. The summed E-state index contributed by atoms with van der Waals surface area (Å²) in [4.78, 5) is 4.34. The Bertz CT molecular complexity index is 828. The van der Waals surface area contributed by atoms with Gasteiger partial charge in [-0.15, -0.1) is 0 Å². The highest BCUT2D eigenvalue weighted by molar-refractivity contribution is 5.86. The van der Waals surface area contributed by atoms with Gasteiger partial charge in [-0.25, -0.2) is 0 Å². The van der Waals surface area contributed by atoms with Crippen LogP contribution in [0, 0.1) is 0 Å². The van der Waals surface area contributed by atoms with E-state index in [0.717, 1.165) is 11.4 Å². The zero-order chi connectivity index (χ0) is 15.9. The molecule has 0 atom stereocenters. The SMILES string of the molecule is Oc1ccc(N=Nc2ccccc2)cc1C=Nc1ccccc1. The number of azo groups is 1. The molecule has 0 unspecified atom stereocenters. The second-order valence-corrected chi connectivity index (χ2v) is 4.87. The van der Waals surface area contributed by atoms with Gasteiger partial charge in [-0.05, 0) is 42.5 Å². The van der Waals surface area contributed by atoms with E-state index in [1.165, 1.54) is 0 Å². The molecule has 0 aliphatic carbocycles. The quantitative estimate of drug-likeness (QED) is 0.498. The van der Waals surface area contributed by atoms with E-state index in [1.54, 1.807) is 24.4 Å². The Balaban J connectivity index is 1.82. The Kier molecular flexibility index (Phi) is 4.55. The van der Waals surface area contributed by atoms with Gasteiger partial charge in [0, 0.05) is 11.8 Å². The first-order valence-corrected chi connectivity index (χ1v) is 7.20. The number of aromatic hydroxyl groups is 1. The molecule has 3 rings (SSSR count). The number of hydrogen-bond donors (Lipinski definition) is 1. The summed E-state index contributed by atoms with van der Waals surface area (Å²) in [5.41, 5.74) is 2.85. The van der Waals surface area contributed by atoms with E-state index in [4.69, 9.17) is 0 Å². The topological polar surface area (TPSA) is 57.3 Å². The monoisotopic (exact) mass is 301 g/mol. The van der Waals surface area contributed by atoms with Gasteiger partial charge in [0.05, 0.1) is 17.1 Å². The summed E-state index contributed by atoms with van der Waals surface area (Å²) in [5, 5.41) is 18.3. The third kappa shape index (κ3) is 4.11. The van der Waals surface area contributed by atoms with Gasteiger partial charge < -0.3 is 5.11 Å². The second-order valence-electron chi connectivity index (χ2n) is 4.87. The zero-order valence-corrected chi connectivity index (χ0v) is 12.4. The molecular formula is C19H15N3O. The first-order valence-electron chi connectivity index (χ1n) is 7.20. The van der Waals surface area contributed by atoms with Crippen LogP contribution in [0.25, 0.3) is 0 Å². The van der Waals surface area contributed by atoms with E-state index in [9.17, 15) is 5.11 Å². The Morgan fingerprint density at radius 2 is 1.26 bits per heavy atom. The molecule has 0 spiro atoms. The van der Waals surface area contributed by atoms with Crippen molar-refractivity contribution in [2.45, 2.75) is 0 Å². The molecule has 0 saturated carbocycles. The van der Waals surface area contributed by atoms with Crippen LogP contribution in [0.3, 0.4) is 0 Å². The lowest BCUT2D eigenvalue weighted by molar-refractivity contribution is 0.474. The third-order valence-corrected chi connectivity index (χ3v) is 3.16. The van der Waals surface area contributed by atoms with Crippen molar-refractivity contribution in [3.8, 4) is 5.75 Å². The highest BCUT2D eigenvalue weighted by atomic mass is 16.3. The second kappa shape index (κ2) is 7.13. The van der Waals surface area contributed by atoms with E-state index in [0.29, 0.717) is 11.3 Å². The number of rotatable bonds is 4. The average molecular weight is 301 g/mol. The molecule has 0 aliphatic rings. The molecule has 0 amide bonds. The van der Waals surface area contributed by atoms with Crippen molar-refractivity contribution in [2.75, 3.05) is 0 Å². The lowest BCUT2D eigenvalue weighted by Gasteiger charge is -2.00. The van der Waals surface area contributed by atoms with E-state index in [1.807, 2.05) is 60.7 Å². The van der Waals surface area contributed by atoms with Crippen molar-refractivity contribution < 1.29 is 5.11 Å². The maximum absolute atomic E-state index is 9.93. The molecule has 0 heterocycles. The molecule has 0 aliphatic heterocycles. The normalized spacial score (nSPS) is 11.3. The molecule has 0 aromatic heterocycles. The summed E-state index contributed by atoms with van der Waals surface area (Å²) >= 11 is 0. The first-order chi connectivity index (χ1) is 11.3.